The van der Waals surface area contributed by atoms with E-state index in [1.54, 1.807) is 7.11 Å². The van der Waals surface area contributed by atoms with Gasteiger partial charge in [0.15, 0.2) is 0 Å². The summed E-state index contributed by atoms with van der Waals surface area (Å²) in [5.74, 6) is 1.06. The van der Waals surface area contributed by atoms with E-state index < -0.39 is 0 Å². The molecule has 0 unspecified atom stereocenters. The molecule has 0 radical (unpaired) electrons. The van der Waals surface area contributed by atoms with Gasteiger partial charge in [-0.3, -0.25) is 0 Å². The van der Waals surface area contributed by atoms with Crippen LogP contribution < -0.4 is 10.1 Å². The summed E-state index contributed by atoms with van der Waals surface area (Å²) in [5.41, 5.74) is 3.88. The lowest BCUT2D eigenvalue weighted by molar-refractivity contribution is 0.400. The highest BCUT2D eigenvalue weighted by molar-refractivity contribution is 5.45. The van der Waals surface area contributed by atoms with E-state index in [-0.39, 0.29) is 0 Å². The fourth-order valence-electron chi connectivity index (χ4n) is 2.47. The van der Waals surface area contributed by atoms with Crippen LogP contribution >= 0.6 is 0 Å². The third-order valence-corrected chi connectivity index (χ3v) is 3.09. The Morgan fingerprint density at radius 1 is 1.33 bits per heavy atom. The van der Waals surface area contributed by atoms with Crippen molar-refractivity contribution >= 4 is 0 Å². The minimum atomic E-state index is 0.485. The van der Waals surface area contributed by atoms with Gasteiger partial charge in [0.1, 0.15) is 5.75 Å². The Balaban J connectivity index is 2.42. The first kappa shape index (κ1) is 10.5. The van der Waals surface area contributed by atoms with E-state index in [4.69, 9.17) is 4.74 Å². The largest absolute Gasteiger partial charge is 0.496 e. The molecule has 2 heteroatoms. The van der Waals surface area contributed by atoms with Crippen LogP contribution in [0, 0.1) is 13.8 Å². The van der Waals surface area contributed by atoms with Crippen molar-refractivity contribution < 1.29 is 4.74 Å². The molecular formula is C13H19NO. The summed E-state index contributed by atoms with van der Waals surface area (Å²) in [4.78, 5) is 0. The van der Waals surface area contributed by atoms with Crippen LogP contribution in [0.15, 0.2) is 12.1 Å². The highest BCUT2D eigenvalue weighted by Gasteiger charge is 2.20. The fraction of sp³-hybridized carbons (Fsp3) is 0.538. The maximum Gasteiger partial charge on any atom is 0.126 e. The van der Waals surface area contributed by atoms with Crippen LogP contribution in [0.5, 0.6) is 5.75 Å². The van der Waals surface area contributed by atoms with Gasteiger partial charge in [-0.15, -0.1) is 0 Å². The summed E-state index contributed by atoms with van der Waals surface area (Å²) < 4.78 is 5.50. The van der Waals surface area contributed by atoms with E-state index >= 15 is 0 Å². The van der Waals surface area contributed by atoms with Crippen molar-refractivity contribution in [2.75, 3.05) is 13.7 Å². The second-order valence-electron chi connectivity index (χ2n) is 4.35. The van der Waals surface area contributed by atoms with Crippen LogP contribution in [0.3, 0.4) is 0 Å². The molecule has 82 valence electrons. The van der Waals surface area contributed by atoms with Crippen LogP contribution in [-0.2, 0) is 0 Å². The summed E-state index contributed by atoms with van der Waals surface area (Å²) in [6.45, 7) is 5.38. The number of hydrogen-bond donors (Lipinski definition) is 1. The average Bonchev–Trinajstić information content (AvgIpc) is 2.69. The van der Waals surface area contributed by atoms with Crippen molar-refractivity contribution in [2.24, 2.45) is 0 Å². The maximum absolute atomic E-state index is 5.50. The monoisotopic (exact) mass is 205 g/mol. The van der Waals surface area contributed by atoms with E-state index in [0.717, 1.165) is 12.3 Å². The zero-order valence-corrected chi connectivity index (χ0v) is 9.76. The van der Waals surface area contributed by atoms with Gasteiger partial charge in [0.2, 0.25) is 0 Å². The third kappa shape index (κ3) is 2.00. The Labute approximate surface area is 91.6 Å². The van der Waals surface area contributed by atoms with Crippen molar-refractivity contribution in [2.45, 2.75) is 32.7 Å². The highest BCUT2D eigenvalue weighted by atomic mass is 16.5. The van der Waals surface area contributed by atoms with Crippen LogP contribution in [0.2, 0.25) is 0 Å². The summed E-state index contributed by atoms with van der Waals surface area (Å²) in [6, 6.07) is 4.91. The van der Waals surface area contributed by atoms with Crippen molar-refractivity contribution in [1.29, 1.82) is 0 Å². The lowest BCUT2D eigenvalue weighted by Gasteiger charge is -2.17. The van der Waals surface area contributed by atoms with Gasteiger partial charge in [-0.05, 0) is 38.8 Å². The minimum absolute atomic E-state index is 0.485. The summed E-state index contributed by atoms with van der Waals surface area (Å²) in [6.07, 6.45) is 2.49. The molecule has 2 nitrogen and oxygen atoms in total. The molecular weight excluding hydrogens is 186 g/mol. The Bertz CT molecular complexity index is 354. The molecule has 0 spiro atoms. The van der Waals surface area contributed by atoms with Crippen LogP contribution in [0.4, 0.5) is 0 Å². The quantitative estimate of drug-likeness (QED) is 0.801. The van der Waals surface area contributed by atoms with E-state index in [1.165, 1.54) is 29.5 Å². The number of ether oxygens (including phenoxy) is 1. The van der Waals surface area contributed by atoms with Gasteiger partial charge in [0.25, 0.3) is 0 Å². The normalized spacial score (nSPS) is 20.6. The zero-order chi connectivity index (χ0) is 10.8. The van der Waals surface area contributed by atoms with Gasteiger partial charge in [-0.25, -0.2) is 0 Å². The van der Waals surface area contributed by atoms with Crippen molar-refractivity contribution in [3.05, 3.63) is 28.8 Å². The summed E-state index contributed by atoms with van der Waals surface area (Å²) >= 11 is 0. The van der Waals surface area contributed by atoms with Crippen LogP contribution in [0.25, 0.3) is 0 Å². The predicted octanol–water partition coefficient (Wildman–Crippen LogP) is 2.74. The molecule has 1 saturated heterocycles. The first-order chi connectivity index (χ1) is 7.22. The molecule has 0 bridgehead atoms. The van der Waals surface area contributed by atoms with E-state index in [9.17, 15) is 0 Å². The van der Waals surface area contributed by atoms with Crippen LogP contribution in [0.1, 0.15) is 35.6 Å². The molecule has 1 aliphatic rings. The molecule has 1 aromatic rings. The summed E-state index contributed by atoms with van der Waals surface area (Å²) in [5, 5.41) is 3.52. The molecule has 0 aromatic heterocycles. The molecule has 0 amide bonds. The maximum atomic E-state index is 5.50. The standard InChI is InChI=1S/C13H19NO/c1-9-7-10(2)13(15-3)11(8-9)12-5-4-6-14-12/h7-8,12,14H,4-6H2,1-3H3/t12-/m0/s1. The summed E-state index contributed by atoms with van der Waals surface area (Å²) in [7, 11) is 1.76. The van der Waals surface area contributed by atoms with E-state index in [2.05, 4.69) is 31.3 Å². The Morgan fingerprint density at radius 2 is 2.13 bits per heavy atom. The lowest BCUT2D eigenvalue weighted by atomic mass is 9.98. The highest BCUT2D eigenvalue weighted by Crippen LogP contribution is 2.34. The third-order valence-electron chi connectivity index (χ3n) is 3.09. The molecule has 1 N–H and O–H groups in total. The molecule has 0 saturated carbocycles. The number of benzene rings is 1. The molecule has 1 aliphatic heterocycles. The number of nitrogens with one attached hydrogen (secondary N) is 1. The second-order valence-corrected chi connectivity index (χ2v) is 4.35. The topological polar surface area (TPSA) is 21.3 Å². The molecule has 1 atom stereocenters. The van der Waals surface area contributed by atoms with Crippen molar-refractivity contribution in [3.63, 3.8) is 0 Å². The molecule has 2 rings (SSSR count). The lowest BCUT2D eigenvalue weighted by Crippen LogP contribution is -2.14. The number of aryl methyl sites for hydroxylation is 2. The Hall–Kier alpha value is -1.02. The molecule has 1 fully saturated rings. The van der Waals surface area contributed by atoms with Crippen molar-refractivity contribution in [3.8, 4) is 5.75 Å². The molecule has 0 aliphatic carbocycles. The first-order valence-electron chi connectivity index (χ1n) is 5.61. The van der Waals surface area contributed by atoms with E-state index in [0.29, 0.717) is 6.04 Å². The fourth-order valence-corrected chi connectivity index (χ4v) is 2.47. The number of methoxy groups -OCH3 is 1. The smallest absolute Gasteiger partial charge is 0.126 e. The molecule has 15 heavy (non-hydrogen) atoms. The average molecular weight is 205 g/mol. The second kappa shape index (κ2) is 4.23. The first-order valence-corrected chi connectivity index (χ1v) is 5.61. The molecule has 1 heterocycles. The SMILES string of the molecule is COc1c(C)cc(C)cc1[C@@H]1CCCN1. The van der Waals surface area contributed by atoms with Gasteiger partial charge in [-0.2, -0.15) is 0 Å². The van der Waals surface area contributed by atoms with Gasteiger partial charge >= 0.3 is 0 Å². The minimum Gasteiger partial charge on any atom is -0.496 e. The number of hydrogen-bond acceptors (Lipinski definition) is 2. The molecule has 1 aromatic carbocycles. The number of rotatable bonds is 2. The van der Waals surface area contributed by atoms with Gasteiger partial charge in [-0.1, -0.05) is 17.7 Å². The Kier molecular flexibility index (Phi) is 2.96. The predicted molar refractivity (Wildman–Crippen MR) is 62.4 cm³/mol. The van der Waals surface area contributed by atoms with Gasteiger partial charge < -0.3 is 10.1 Å². The zero-order valence-electron chi connectivity index (χ0n) is 9.76. The van der Waals surface area contributed by atoms with Gasteiger partial charge in [0.05, 0.1) is 7.11 Å². The Morgan fingerprint density at radius 3 is 2.73 bits per heavy atom. The van der Waals surface area contributed by atoms with Crippen LogP contribution in [-0.4, -0.2) is 13.7 Å². The van der Waals surface area contributed by atoms with Gasteiger partial charge in [0, 0.05) is 11.6 Å². The van der Waals surface area contributed by atoms with E-state index in [1.807, 2.05) is 0 Å². The van der Waals surface area contributed by atoms with Crippen molar-refractivity contribution in [1.82, 2.24) is 5.32 Å².